The number of thioether (sulfide) groups is 1. The van der Waals surface area contributed by atoms with Crippen LogP contribution >= 0.6 is 11.8 Å². The molecule has 1 heterocycles. The standard InChI is InChI=1S/C9H12N2O4S/c1-15-8(13)6-16-5-4-11-3-2-7(12)10-9(11)14/h2-3H,4-6H2,1H3,(H,10,12,14). The maximum atomic E-state index is 11.2. The van der Waals surface area contributed by atoms with Crippen molar-refractivity contribution >= 4 is 17.7 Å². The van der Waals surface area contributed by atoms with E-state index in [-0.39, 0.29) is 11.7 Å². The van der Waals surface area contributed by atoms with Crippen LogP contribution in [-0.2, 0) is 16.1 Å². The van der Waals surface area contributed by atoms with E-state index < -0.39 is 11.2 Å². The van der Waals surface area contributed by atoms with E-state index in [0.29, 0.717) is 12.3 Å². The first kappa shape index (κ1) is 12.6. The summed E-state index contributed by atoms with van der Waals surface area (Å²) in [7, 11) is 1.33. The molecule has 0 bridgehead atoms. The van der Waals surface area contributed by atoms with Crippen molar-refractivity contribution in [2.45, 2.75) is 6.54 Å². The Balaban J connectivity index is 2.41. The second-order valence-electron chi connectivity index (χ2n) is 2.93. The lowest BCUT2D eigenvalue weighted by atomic mass is 10.6. The number of hydrogen-bond donors (Lipinski definition) is 1. The quantitative estimate of drug-likeness (QED) is 0.555. The molecule has 1 aromatic heterocycles. The summed E-state index contributed by atoms with van der Waals surface area (Å²) in [5.41, 5.74) is -0.852. The van der Waals surface area contributed by atoms with Crippen molar-refractivity contribution < 1.29 is 9.53 Å². The van der Waals surface area contributed by atoms with E-state index in [1.807, 2.05) is 0 Å². The number of nitrogens with zero attached hydrogens (tertiary/aromatic N) is 1. The molecule has 0 atom stereocenters. The van der Waals surface area contributed by atoms with E-state index in [2.05, 4.69) is 9.72 Å². The molecule has 1 N–H and O–H groups in total. The van der Waals surface area contributed by atoms with E-state index in [1.54, 1.807) is 0 Å². The lowest BCUT2D eigenvalue weighted by molar-refractivity contribution is -0.137. The second-order valence-corrected chi connectivity index (χ2v) is 4.04. The van der Waals surface area contributed by atoms with Crippen molar-refractivity contribution in [3.05, 3.63) is 33.1 Å². The van der Waals surface area contributed by atoms with Gasteiger partial charge in [0, 0.05) is 24.6 Å². The highest BCUT2D eigenvalue weighted by Gasteiger charge is 2.00. The first-order chi connectivity index (χ1) is 7.63. The number of carbonyl (C=O) groups is 1. The summed E-state index contributed by atoms with van der Waals surface area (Å²) in [5.74, 6) is 0.564. The molecule has 0 aliphatic heterocycles. The zero-order valence-corrected chi connectivity index (χ0v) is 9.58. The number of nitrogens with one attached hydrogen (secondary N) is 1. The van der Waals surface area contributed by atoms with Gasteiger partial charge in [-0.15, -0.1) is 11.8 Å². The predicted octanol–water partition coefficient (Wildman–Crippen LogP) is -0.557. The smallest absolute Gasteiger partial charge is 0.328 e. The van der Waals surface area contributed by atoms with Gasteiger partial charge in [0.2, 0.25) is 0 Å². The van der Waals surface area contributed by atoms with Gasteiger partial charge < -0.3 is 4.74 Å². The van der Waals surface area contributed by atoms with Crippen LogP contribution in [0.25, 0.3) is 0 Å². The molecule has 0 unspecified atom stereocenters. The molecule has 0 amide bonds. The summed E-state index contributed by atoms with van der Waals surface area (Å²) in [5, 5.41) is 0. The molecule has 0 saturated carbocycles. The Bertz CT molecular complexity index is 465. The summed E-state index contributed by atoms with van der Waals surface area (Å²) in [6, 6.07) is 1.28. The minimum absolute atomic E-state index is 0.259. The molecule has 7 heteroatoms. The van der Waals surface area contributed by atoms with Crippen molar-refractivity contribution in [2.24, 2.45) is 0 Å². The van der Waals surface area contributed by atoms with Gasteiger partial charge in [0.05, 0.1) is 12.9 Å². The number of ether oxygens (including phenoxy) is 1. The fraction of sp³-hybridized carbons (Fsp3) is 0.444. The number of esters is 1. The fourth-order valence-corrected chi connectivity index (χ4v) is 1.75. The van der Waals surface area contributed by atoms with Crippen LogP contribution in [0.2, 0.25) is 0 Å². The number of rotatable bonds is 5. The third-order valence-corrected chi connectivity index (χ3v) is 2.73. The third-order valence-electron chi connectivity index (χ3n) is 1.82. The average Bonchev–Trinajstić information content (AvgIpc) is 2.26. The van der Waals surface area contributed by atoms with E-state index in [9.17, 15) is 14.4 Å². The fourth-order valence-electron chi connectivity index (χ4n) is 0.998. The van der Waals surface area contributed by atoms with Crippen molar-refractivity contribution in [1.82, 2.24) is 9.55 Å². The Labute approximate surface area is 95.6 Å². The average molecular weight is 244 g/mol. The van der Waals surface area contributed by atoms with Crippen LogP contribution in [0.15, 0.2) is 21.9 Å². The maximum Gasteiger partial charge on any atom is 0.328 e. The van der Waals surface area contributed by atoms with Crippen LogP contribution in [0.4, 0.5) is 0 Å². The first-order valence-corrected chi connectivity index (χ1v) is 5.73. The van der Waals surface area contributed by atoms with Gasteiger partial charge in [0.1, 0.15) is 0 Å². The summed E-state index contributed by atoms with van der Waals surface area (Å²) >= 11 is 1.37. The first-order valence-electron chi connectivity index (χ1n) is 4.58. The summed E-state index contributed by atoms with van der Waals surface area (Å²) in [6.45, 7) is 0.442. The Hall–Kier alpha value is -1.50. The summed E-state index contributed by atoms with van der Waals surface area (Å²) in [4.78, 5) is 34.9. The summed E-state index contributed by atoms with van der Waals surface area (Å²) < 4.78 is 5.85. The van der Waals surface area contributed by atoms with Crippen LogP contribution in [0.1, 0.15) is 0 Å². The van der Waals surface area contributed by atoms with E-state index in [4.69, 9.17) is 0 Å². The van der Waals surface area contributed by atoms with Crippen LogP contribution in [0, 0.1) is 0 Å². The van der Waals surface area contributed by atoms with Crippen LogP contribution in [-0.4, -0.2) is 34.1 Å². The normalized spacial score (nSPS) is 10.1. The van der Waals surface area contributed by atoms with Gasteiger partial charge in [-0.05, 0) is 0 Å². The number of carbonyl (C=O) groups excluding carboxylic acids is 1. The number of H-pyrrole nitrogens is 1. The monoisotopic (exact) mass is 244 g/mol. The number of aromatic nitrogens is 2. The maximum absolute atomic E-state index is 11.2. The van der Waals surface area contributed by atoms with Gasteiger partial charge in [0.25, 0.3) is 5.56 Å². The van der Waals surface area contributed by atoms with Gasteiger partial charge in [0.15, 0.2) is 0 Å². The molecule has 0 aromatic carbocycles. The highest BCUT2D eigenvalue weighted by Crippen LogP contribution is 2.00. The van der Waals surface area contributed by atoms with Gasteiger partial charge >= 0.3 is 11.7 Å². The van der Waals surface area contributed by atoms with Crippen LogP contribution < -0.4 is 11.2 Å². The van der Waals surface area contributed by atoms with Gasteiger partial charge in [-0.2, -0.15) is 0 Å². The van der Waals surface area contributed by atoms with Crippen molar-refractivity contribution in [3.63, 3.8) is 0 Å². The van der Waals surface area contributed by atoms with Crippen molar-refractivity contribution in [1.29, 1.82) is 0 Å². The molecule has 88 valence electrons. The van der Waals surface area contributed by atoms with Crippen LogP contribution in [0.3, 0.4) is 0 Å². The van der Waals surface area contributed by atoms with Crippen LogP contribution in [0.5, 0.6) is 0 Å². The lowest BCUT2D eigenvalue weighted by Crippen LogP contribution is -2.29. The SMILES string of the molecule is COC(=O)CSCCn1ccc(=O)[nH]c1=O. The number of aryl methyl sites for hydroxylation is 1. The molecule has 0 fully saturated rings. The largest absolute Gasteiger partial charge is 0.468 e. The summed E-state index contributed by atoms with van der Waals surface area (Å²) in [6.07, 6.45) is 1.43. The zero-order chi connectivity index (χ0) is 12.0. The predicted molar refractivity (Wildman–Crippen MR) is 60.7 cm³/mol. The van der Waals surface area contributed by atoms with Crippen molar-refractivity contribution in [2.75, 3.05) is 18.6 Å². The second kappa shape index (κ2) is 6.16. The molecule has 16 heavy (non-hydrogen) atoms. The van der Waals surface area contributed by atoms with E-state index in [1.165, 1.54) is 35.7 Å². The Morgan fingerprint density at radius 1 is 1.56 bits per heavy atom. The number of hydrogen-bond acceptors (Lipinski definition) is 5. The molecule has 1 aromatic rings. The Morgan fingerprint density at radius 2 is 2.31 bits per heavy atom. The van der Waals surface area contributed by atoms with Gasteiger partial charge in [-0.25, -0.2) is 4.79 Å². The molecular formula is C9H12N2O4S. The Kier molecular flexibility index (Phi) is 4.84. The number of methoxy groups -OCH3 is 1. The molecule has 0 aliphatic carbocycles. The Morgan fingerprint density at radius 3 is 2.94 bits per heavy atom. The highest BCUT2D eigenvalue weighted by atomic mass is 32.2. The van der Waals surface area contributed by atoms with Crippen molar-refractivity contribution in [3.8, 4) is 0 Å². The molecule has 6 nitrogen and oxygen atoms in total. The topological polar surface area (TPSA) is 81.2 Å². The third kappa shape index (κ3) is 3.93. The van der Waals surface area contributed by atoms with Gasteiger partial charge in [-0.3, -0.25) is 19.1 Å². The minimum atomic E-state index is -0.439. The molecule has 0 radical (unpaired) electrons. The molecule has 1 rings (SSSR count). The molecule has 0 aliphatic rings. The zero-order valence-electron chi connectivity index (χ0n) is 8.76. The van der Waals surface area contributed by atoms with Gasteiger partial charge in [-0.1, -0.05) is 0 Å². The lowest BCUT2D eigenvalue weighted by Gasteiger charge is -2.03. The molecular weight excluding hydrogens is 232 g/mol. The molecule has 0 spiro atoms. The minimum Gasteiger partial charge on any atom is -0.468 e. The highest BCUT2D eigenvalue weighted by molar-refractivity contribution is 7.99. The molecule has 0 saturated heterocycles. The van der Waals surface area contributed by atoms with E-state index in [0.717, 1.165) is 0 Å². The number of aromatic amines is 1. The van der Waals surface area contributed by atoms with E-state index >= 15 is 0 Å².